The number of benzene rings is 2. The average molecular weight is 333 g/mol. The van der Waals surface area contributed by atoms with Gasteiger partial charge in [-0.2, -0.15) is 0 Å². The van der Waals surface area contributed by atoms with Crippen LogP contribution < -0.4 is 10.6 Å². The SMILES string of the molecule is Cc1ccc(CN(C)c2ccc(Br)cc2N)c(C)c1C. The third-order valence-electron chi connectivity index (χ3n) is 3.98. The number of nitrogens with two attached hydrogens (primary N) is 1. The van der Waals surface area contributed by atoms with Crippen LogP contribution in [0.25, 0.3) is 0 Å². The summed E-state index contributed by atoms with van der Waals surface area (Å²) >= 11 is 3.44. The molecule has 106 valence electrons. The van der Waals surface area contributed by atoms with E-state index in [1.165, 1.54) is 22.3 Å². The lowest BCUT2D eigenvalue weighted by Gasteiger charge is -2.23. The van der Waals surface area contributed by atoms with Crippen molar-refractivity contribution in [1.29, 1.82) is 0 Å². The van der Waals surface area contributed by atoms with Gasteiger partial charge in [0, 0.05) is 18.1 Å². The molecule has 0 saturated carbocycles. The number of nitrogens with zero attached hydrogens (tertiary/aromatic N) is 1. The van der Waals surface area contributed by atoms with Gasteiger partial charge in [-0.05, 0) is 61.2 Å². The van der Waals surface area contributed by atoms with Gasteiger partial charge < -0.3 is 10.6 Å². The normalized spacial score (nSPS) is 10.7. The summed E-state index contributed by atoms with van der Waals surface area (Å²) < 4.78 is 1.01. The predicted molar refractivity (Wildman–Crippen MR) is 91.3 cm³/mol. The molecule has 2 nitrogen and oxygen atoms in total. The van der Waals surface area contributed by atoms with Gasteiger partial charge in [-0.1, -0.05) is 28.1 Å². The summed E-state index contributed by atoms with van der Waals surface area (Å²) in [5, 5.41) is 0. The molecule has 20 heavy (non-hydrogen) atoms. The Morgan fingerprint density at radius 3 is 2.40 bits per heavy atom. The lowest BCUT2D eigenvalue weighted by atomic mass is 9.98. The molecule has 2 aromatic rings. The minimum absolute atomic E-state index is 0.795. The van der Waals surface area contributed by atoms with E-state index in [-0.39, 0.29) is 0 Å². The van der Waals surface area contributed by atoms with E-state index in [0.717, 1.165) is 22.4 Å². The van der Waals surface area contributed by atoms with Gasteiger partial charge in [-0.3, -0.25) is 0 Å². The first kappa shape index (κ1) is 14.9. The Hall–Kier alpha value is -1.48. The summed E-state index contributed by atoms with van der Waals surface area (Å²) in [6.07, 6.45) is 0. The minimum atomic E-state index is 0.795. The Balaban J connectivity index is 2.28. The number of halogens is 1. The van der Waals surface area contributed by atoms with E-state index in [1.54, 1.807) is 0 Å². The molecule has 0 aliphatic heterocycles. The molecule has 0 bridgehead atoms. The van der Waals surface area contributed by atoms with Crippen LogP contribution in [0.4, 0.5) is 11.4 Å². The van der Waals surface area contributed by atoms with Crippen LogP contribution in [0.15, 0.2) is 34.8 Å². The smallest absolute Gasteiger partial charge is 0.0601 e. The molecule has 0 aliphatic carbocycles. The highest BCUT2D eigenvalue weighted by Crippen LogP contribution is 2.28. The summed E-state index contributed by atoms with van der Waals surface area (Å²) in [4.78, 5) is 2.19. The highest BCUT2D eigenvalue weighted by Gasteiger charge is 2.09. The van der Waals surface area contributed by atoms with Gasteiger partial charge in [0.2, 0.25) is 0 Å². The summed E-state index contributed by atoms with van der Waals surface area (Å²) in [7, 11) is 2.08. The molecule has 0 radical (unpaired) electrons. The predicted octanol–water partition coefficient (Wildman–Crippen LogP) is 4.59. The van der Waals surface area contributed by atoms with E-state index >= 15 is 0 Å². The van der Waals surface area contributed by atoms with Crippen LogP contribution in [-0.2, 0) is 6.54 Å². The molecule has 0 atom stereocenters. The zero-order valence-electron chi connectivity index (χ0n) is 12.5. The van der Waals surface area contributed by atoms with Crippen molar-refractivity contribution in [1.82, 2.24) is 0 Å². The third kappa shape index (κ3) is 2.98. The molecule has 0 heterocycles. The Morgan fingerprint density at radius 1 is 1.05 bits per heavy atom. The molecule has 2 N–H and O–H groups in total. The first-order valence-corrected chi connectivity index (χ1v) is 7.51. The quantitative estimate of drug-likeness (QED) is 0.832. The van der Waals surface area contributed by atoms with Crippen LogP contribution in [0.3, 0.4) is 0 Å². The molecule has 0 unspecified atom stereocenters. The van der Waals surface area contributed by atoms with Crippen molar-refractivity contribution in [2.75, 3.05) is 17.7 Å². The van der Waals surface area contributed by atoms with Crippen LogP contribution in [-0.4, -0.2) is 7.05 Å². The Kier molecular flexibility index (Phi) is 4.39. The Labute approximate surface area is 129 Å². The monoisotopic (exact) mass is 332 g/mol. The molecule has 0 fully saturated rings. The maximum absolute atomic E-state index is 6.10. The lowest BCUT2D eigenvalue weighted by molar-refractivity contribution is 0.911. The summed E-state index contributed by atoms with van der Waals surface area (Å²) in [5.41, 5.74) is 13.4. The summed E-state index contributed by atoms with van der Waals surface area (Å²) in [6, 6.07) is 10.4. The second-order valence-corrected chi connectivity index (χ2v) is 6.27. The van der Waals surface area contributed by atoms with Crippen LogP contribution >= 0.6 is 15.9 Å². The van der Waals surface area contributed by atoms with Gasteiger partial charge in [-0.15, -0.1) is 0 Å². The van der Waals surface area contributed by atoms with Gasteiger partial charge in [0.15, 0.2) is 0 Å². The van der Waals surface area contributed by atoms with E-state index < -0.39 is 0 Å². The maximum Gasteiger partial charge on any atom is 0.0601 e. The number of anilines is 2. The van der Waals surface area contributed by atoms with Crippen molar-refractivity contribution in [3.63, 3.8) is 0 Å². The van der Waals surface area contributed by atoms with Crippen molar-refractivity contribution >= 4 is 27.3 Å². The van der Waals surface area contributed by atoms with Gasteiger partial charge >= 0.3 is 0 Å². The molecule has 2 rings (SSSR count). The van der Waals surface area contributed by atoms with Crippen LogP contribution in [0.5, 0.6) is 0 Å². The highest BCUT2D eigenvalue weighted by atomic mass is 79.9. The molecule has 0 aromatic heterocycles. The first-order chi connectivity index (χ1) is 9.40. The van der Waals surface area contributed by atoms with Crippen molar-refractivity contribution in [2.45, 2.75) is 27.3 Å². The van der Waals surface area contributed by atoms with Crippen LogP contribution in [0.2, 0.25) is 0 Å². The number of rotatable bonds is 3. The zero-order chi connectivity index (χ0) is 14.9. The number of aryl methyl sites for hydroxylation is 1. The molecule has 2 aromatic carbocycles. The van der Waals surface area contributed by atoms with Gasteiger partial charge in [-0.25, -0.2) is 0 Å². The van der Waals surface area contributed by atoms with Gasteiger partial charge in [0.25, 0.3) is 0 Å². The van der Waals surface area contributed by atoms with Crippen molar-refractivity contribution < 1.29 is 0 Å². The fourth-order valence-corrected chi connectivity index (χ4v) is 2.78. The molecule has 3 heteroatoms. The van der Waals surface area contributed by atoms with E-state index in [1.807, 2.05) is 12.1 Å². The second kappa shape index (κ2) is 5.88. The van der Waals surface area contributed by atoms with Crippen LogP contribution in [0.1, 0.15) is 22.3 Å². The Morgan fingerprint density at radius 2 is 1.75 bits per heavy atom. The fraction of sp³-hybridized carbons (Fsp3) is 0.294. The summed E-state index contributed by atoms with van der Waals surface area (Å²) in [6.45, 7) is 7.39. The fourth-order valence-electron chi connectivity index (χ4n) is 2.40. The molecule has 0 amide bonds. The molecule has 0 aliphatic rings. The first-order valence-electron chi connectivity index (χ1n) is 6.72. The Bertz CT molecular complexity index is 635. The van der Waals surface area contributed by atoms with E-state index in [0.29, 0.717) is 0 Å². The topological polar surface area (TPSA) is 29.3 Å². The molecule has 0 saturated heterocycles. The van der Waals surface area contributed by atoms with Crippen molar-refractivity contribution in [2.24, 2.45) is 0 Å². The number of hydrogen-bond acceptors (Lipinski definition) is 2. The summed E-state index contributed by atoms with van der Waals surface area (Å²) in [5.74, 6) is 0. The van der Waals surface area contributed by atoms with E-state index in [4.69, 9.17) is 5.73 Å². The largest absolute Gasteiger partial charge is 0.397 e. The van der Waals surface area contributed by atoms with E-state index in [2.05, 4.69) is 66.8 Å². The molecular weight excluding hydrogens is 312 g/mol. The standard InChI is InChI=1S/C17H21BrN2/c1-11-5-6-14(13(3)12(11)2)10-20(4)17-8-7-15(18)9-16(17)19/h5-9H,10,19H2,1-4H3. The van der Waals surface area contributed by atoms with Crippen molar-refractivity contribution in [3.8, 4) is 0 Å². The maximum atomic E-state index is 6.10. The van der Waals surface area contributed by atoms with Crippen LogP contribution in [0, 0.1) is 20.8 Å². The highest BCUT2D eigenvalue weighted by molar-refractivity contribution is 9.10. The van der Waals surface area contributed by atoms with Crippen molar-refractivity contribution in [3.05, 3.63) is 57.1 Å². The zero-order valence-corrected chi connectivity index (χ0v) is 14.1. The second-order valence-electron chi connectivity index (χ2n) is 5.35. The van der Waals surface area contributed by atoms with Gasteiger partial charge in [0.1, 0.15) is 0 Å². The number of hydrogen-bond donors (Lipinski definition) is 1. The molecular formula is C17H21BrN2. The minimum Gasteiger partial charge on any atom is -0.397 e. The lowest BCUT2D eigenvalue weighted by Crippen LogP contribution is -2.18. The van der Waals surface area contributed by atoms with Gasteiger partial charge in [0.05, 0.1) is 11.4 Å². The number of nitrogen functional groups attached to an aromatic ring is 1. The average Bonchev–Trinajstić information content (AvgIpc) is 2.39. The third-order valence-corrected chi connectivity index (χ3v) is 4.47. The van der Waals surface area contributed by atoms with E-state index in [9.17, 15) is 0 Å². The molecule has 0 spiro atoms.